The topological polar surface area (TPSA) is 26.0 Å². The molecule has 14 heavy (non-hydrogen) atoms. The van der Waals surface area contributed by atoms with Gasteiger partial charge < -0.3 is 5.73 Å². The Kier molecular flexibility index (Phi) is 3.02. The van der Waals surface area contributed by atoms with E-state index >= 15 is 0 Å². The summed E-state index contributed by atoms with van der Waals surface area (Å²) in [6.45, 7) is 8.74. The van der Waals surface area contributed by atoms with E-state index in [1.165, 1.54) is 5.56 Å². The molecule has 0 amide bonds. The Bertz CT molecular complexity index is 391. The van der Waals surface area contributed by atoms with Crippen molar-refractivity contribution >= 4 is 13.8 Å². The smallest absolute Gasteiger partial charge is 0.129 e. The van der Waals surface area contributed by atoms with Crippen molar-refractivity contribution in [3.05, 3.63) is 29.3 Å². The average molecular weight is 203 g/mol. The molecular formula is C12H17NSi. The Labute approximate surface area is 87.3 Å². The van der Waals surface area contributed by atoms with E-state index < -0.39 is 8.07 Å². The highest BCUT2D eigenvalue weighted by molar-refractivity contribution is 6.83. The van der Waals surface area contributed by atoms with Gasteiger partial charge in [0, 0.05) is 11.3 Å². The average Bonchev–Trinajstić information content (AvgIpc) is 2.05. The Morgan fingerprint density at radius 3 is 2.43 bits per heavy atom. The summed E-state index contributed by atoms with van der Waals surface area (Å²) in [4.78, 5) is 0. The molecule has 0 aliphatic rings. The first kappa shape index (κ1) is 10.9. The lowest BCUT2D eigenvalue weighted by molar-refractivity contribution is 1.45. The van der Waals surface area contributed by atoms with Crippen LogP contribution in [0.5, 0.6) is 0 Å². The van der Waals surface area contributed by atoms with E-state index in [2.05, 4.69) is 38.0 Å². The van der Waals surface area contributed by atoms with Gasteiger partial charge in [0.05, 0.1) is 0 Å². The number of aryl methyl sites for hydroxylation is 1. The third-order valence-electron chi connectivity index (χ3n) is 1.78. The second-order valence-corrected chi connectivity index (χ2v) is 9.34. The van der Waals surface area contributed by atoms with Crippen molar-refractivity contribution in [1.29, 1.82) is 0 Å². The van der Waals surface area contributed by atoms with E-state index in [9.17, 15) is 0 Å². The third-order valence-corrected chi connectivity index (χ3v) is 2.66. The third kappa shape index (κ3) is 3.27. The van der Waals surface area contributed by atoms with Crippen molar-refractivity contribution in [2.24, 2.45) is 0 Å². The molecule has 0 aliphatic heterocycles. The molecule has 1 nitrogen and oxygen atoms in total. The van der Waals surface area contributed by atoms with Crippen LogP contribution in [0.25, 0.3) is 0 Å². The van der Waals surface area contributed by atoms with Crippen molar-refractivity contribution in [2.75, 3.05) is 5.73 Å². The predicted molar refractivity (Wildman–Crippen MR) is 65.8 cm³/mol. The Morgan fingerprint density at radius 2 is 1.86 bits per heavy atom. The summed E-state index contributed by atoms with van der Waals surface area (Å²) in [5.74, 6) is 3.18. The summed E-state index contributed by atoms with van der Waals surface area (Å²) >= 11 is 0. The number of rotatable bonds is 0. The molecule has 0 saturated heterocycles. The highest BCUT2D eigenvalue weighted by atomic mass is 28.3. The van der Waals surface area contributed by atoms with E-state index in [-0.39, 0.29) is 0 Å². The van der Waals surface area contributed by atoms with Gasteiger partial charge in [0.25, 0.3) is 0 Å². The number of anilines is 1. The zero-order valence-corrected chi connectivity index (χ0v) is 10.3. The van der Waals surface area contributed by atoms with Gasteiger partial charge in [-0.2, -0.15) is 0 Å². The van der Waals surface area contributed by atoms with Crippen molar-refractivity contribution in [3.8, 4) is 11.5 Å². The number of benzene rings is 1. The number of nitrogens with two attached hydrogens (primary N) is 1. The standard InChI is InChI=1S/C12H17NSi/c1-10-5-6-12(13)11(9-10)7-8-14(2,3)4/h5-6,9H,13H2,1-4H3. The molecule has 0 atom stereocenters. The molecule has 2 heteroatoms. The van der Waals surface area contributed by atoms with Crippen LogP contribution < -0.4 is 5.73 Å². The van der Waals surface area contributed by atoms with E-state index in [0.717, 1.165) is 11.3 Å². The maximum absolute atomic E-state index is 5.83. The molecule has 0 bridgehead atoms. The minimum atomic E-state index is -1.30. The molecule has 0 unspecified atom stereocenters. The lowest BCUT2D eigenvalue weighted by Gasteiger charge is -2.04. The fraction of sp³-hybridized carbons (Fsp3) is 0.333. The summed E-state index contributed by atoms with van der Waals surface area (Å²) < 4.78 is 0. The number of nitrogen functional groups attached to an aromatic ring is 1. The van der Waals surface area contributed by atoms with Crippen LogP contribution in [0.2, 0.25) is 19.6 Å². The first-order valence-electron chi connectivity index (χ1n) is 4.78. The molecule has 0 spiro atoms. The van der Waals surface area contributed by atoms with Gasteiger partial charge in [-0.3, -0.25) is 0 Å². The van der Waals surface area contributed by atoms with Gasteiger partial charge in [0.1, 0.15) is 8.07 Å². The van der Waals surface area contributed by atoms with Gasteiger partial charge in [0.15, 0.2) is 0 Å². The van der Waals surface area contributed by atoms with Gasteiger partial charge in [-0.1, -0.05) is 31.6 Å². The fourth-order valence-corrected chi connectivity index (χ4v) is 1.54. The minimum Gasteiger partial charge on any atom is -0.398 e. The van der Waals surface area contributed by atoms with Crippen LogP contribution in [0.15, 0.2) is 18.2 Å². The van der Waals surface area contributed by atoms with Crippen LogP contribution in [-0.4, -0.2) is 8.07 Å². The number of hydrogen-bond donors (Lipinski definition) is 1. The lowest BCUT2D eigenvalue weighted by atomic mass is 10.1. The fourth-order valence-electron chi connectivity index (χ4n) is 1.03. The maximum Gasteiger partial charge on any atom is 0.129 e. The molecule has 1 aromatic rings. The van der Waals surface area contributed by atoms with Gasteiger partial charge in [-0.15, -0.1) is 5.54 Å². The van der Waals surface area contributed by atoms with Crippen LogP contribution in [0.1, 0.15) is 11.1 Å². The lowest BCUT2D eigenvalue weighted by Crippen LogP contribution is -2.16. The number of hydrogen-bond acceptors (Lipinski definition) is 1. The molecule has 0 fully saturated rings. The molecule has 74 valence electrons. The molecule has 2 N–H and O–H groups in total. The zero-order valence-electron chi connectivity index (χ0n) is 9.31. The maximum atomic E-state index is 5.83. The predicted octanol–water partition coefficient (Wildman–Crippen LogP) is 2.81. The van der Waals surface area contributed by atoms with Crippen LogP contribution in [0.3, 0.4) is 0 Å². The summed E-state index contributed by atoms with van der Waals surface area (Å²) in [7, 11) is -1.30. The molecule has 0 aliphatic carbocycles. The van der Waals surface area contributed by atoms with Crippen molar-refractivity contribution in [2.45, 2.75) is 26.6 Å². The van der Waals surface area contributed by atoms with Gasteiger partial charge in [-0.05, 0) is 24.6 Å². The second-order valence-electron chi connectivity index (χ2n) is 4.59. The summed E-state index contributed by atoms with van der Waals surface area (Å²) in [5, 5.41) is 0. The zero-order chi connectivity index (χ0) is 10.8. The Balaban J connectivity index is 3.06. The Morgan fingerprint density at radius 1 is 1.21 bits per heavy atom. The minimum absolute atomic E-state index is 0.779. The first-order chi connectivity index (χ1) is 6.38. The van der Waals surface area contributed by atoms with E-state index in [0.29, 0.717) is 0 Å². The van der Waals surface area contributed by atoms with E-state index in [1.54, 1.807) is 0 Å². The molecule has 0 radical (unpaired) electrons. The quantitative estimate of drug-likeness (QED) is 0.392. The monoisotopic (exact) mass is 203 g/mol. The highest BCUT2D eigenvalue weighted by Gasteiger charge is 2.07. The van der Waals surface area contributed by atoms with Gasteiger partial charge in [-0.25, -0.2) is 0 Å². The van der Waals surface area contributed by atoms with Crippen LogP contribution in [0.4, 0.5) is 5.69 Å². The van der Waals surface area contributed by atoms with Crippen LogP contribution in [0, 0.1) is 18.4 Å². The van der Waals surface area contributed by atoms with E-state index in [4.69, 9.17) is 5.73 Å². The Hall–Kier alpha value is -1.20. The molecule has 0 saturated carbocycles. The summed E-state index contributed by atoms with van der Waals surface area (Å²) in [6.07, 6.45) is 0. The van der Waals surface area contributed by atoms with E-state index in [1.807, 2.05) is 18.2 Å². The first-order valence-corrected chi connectivity index (χ1v) is 8.28. The normalized spacial score (nSPS) is 10.6. The van der Waals surface area contributed by atoms with Crippen molar-refractivity contribution in [3.63, 3.8) is 0 Å². The molecule has 0 heterocycles. The second kappa shape index (κ2) is 3.89. The van der Waals surface area contributed by atoms with Crippen LogP contribution in [-0.2, 0) is 0 Å². The molecular weight excluding hydrogens is 186 g/mol. The highest BCUT2D eigenvalue weighted by Crippen LogP contribution is 2.12. The molecule has 0 aromatic heterocycles. The SMILES string of the molecule is Cc1ccc(N)c(C#C[Si](C)(C)C)c1. The molecule has 1 aromatic carbocycles. The largest absolute Gasteiger partial charge is 0.398 e. The summed E-state index contributed by atoms with van der Waals surface area (Å²) in [6, 6.07) is 5.97. The van der Waals surface area contributed by atoms with Crippen molar-refractivity contribution in [1.82, 2.24) is 0 Å². The van der Waals surface area contributed by atoms with Gasteiger partial charge >= 0.3 is 0 Å². The van der Waals surface area contributed by atoms with Crippen LogP contribution >= 0.6 is 0 Å². The summed E-state index contributed by atoms with van der Waals surface area (Å²) in [5.41, 5.74) is 12.1. The van der Waals surface area contributed by atoms with Gasteiger partial charge in [0.2, 0.25) is 0 Å². The molecule has 1 rings (SSSR count). The van der Waals surface area contributed by atoms with Crippen molar-refractivity contribution < 1.29 is 0 Å².